The molecule has 1 saturated carbocycles. The third-order valence-corrected chi connectivity index (χ3v) is 7.33. The second-order valence-electron chi connectivity index (χ2n) is 9.59. The van der Waals surface area contributed by atoms with E-state index in [2.05, 4.69) is 27.7 Å². The van der Waals surface area contributed by atoms with Gasteiger partial charge >= 0.3 is 11.9 Å². The molecule has 2 aliphatic carbocycles. The van der Waals surface area contributed by atoms with Gasteiger partial charge in [-0.05, 0) is 49.4 Å². The van der Waals surface area contributed by atoms with Gasteiger partial charge in [-0.3, -0.25) is 4.79 Å². The minimum Gasteiger partial charge on any atom is -0.466 e. The van der Waals surface area contributed by atoms with Crippen molar-refractivity contribution in [2.24, 2.45) is 16.7 Å². The molecule has 1 fully saturated rings. The third kappa shape index (κ3) is 4.26. The van der Waals surface area contributed by atoms with E-state index < -0.39 is 12.1 Å². The molecule has 0 bridgehead atoms. The van der Waals surface area contributed by atoms with Crippen molar-refractivity contribution in [2.75, 3.05) is 7.11 Å². The zero-order chi connectivity index (χ0) is 21.2. The number of hydrogen-bond acceptors (Lipinski definition) is 4. The fourth-order valence-corrected chi connectivity index (χ4v) is 5.85. The summed E-state index contributed by atoms with van der Waals surface area (Å²) < 4.78 is 10.6. The highest BCUT2D eigenvalue weighted by molar-refractivity contribution is 5.81. The molecule has 0 N–H and O–H groups in total. The summed E-state index contributed by atoms with van der Waals surface area (Å²) in [6.07, 6.45) is 4.97. The Bertz CT molecular complexity index is 792. The number of ether oxygens (including phenoxy) is 2. The van der Waals surface area contributed by atoms with Crippen LogP contribution >= 0.6 is 0 Å². The molecule has 1 aromatic rings. The Morgan fingerprint density at radius 3 is 2.48 bits per heavy atom. The van der Waals surface area contributed by atoms with Crippen LogP contribution in [0.2, 0.25) is 0 Å². The zero-order valence-electron chi connectivity index (χ0n) is 18.4. The highest BCUT2D eigenvalue weighted by Gasteiger charge is 2.50. The molecule has 158 valence electrons. The van der Waals surface area contributed by atoms with Gasteiger partial charge < -0.3 is 9.47 Å². The van der Waals surface area contributed by atoms with Gasteiger partial charge in [-0.25, -0.2) is 4.79 Å². The highest BCUT2D eigenvalue weighted by atomic mass is 16.6. The number of carbonyl (C=O) groups is 2. The highest BCUT2D eigenvalue weighted by Crippen LogP contribution is 2.60. The molecule has 4 heteroatoms. The summed E-state index contributed by atoms with van der Waals surface area (Å²) in [6, 6.07) is 9.06. The lowest BCUT2D eigenvalue weighted by molar-refractivity contribution is -0.166. The molecule has 0 spiro atoms. The van der Waals surface area contributed by atoms with Crippen LogP contribution in [0.5, 0.6) is 0 Å². The van der Waals surface area contributed by atoms with Crippen molar-refractivity contribution < 1.29 is 19.1 Å². The molecule has 0 amide bonds. The topological polar surface area (TPSA) is 52.6 Å². The molecule has 3 rings (SSSR count). The Morgan fingerprint density at radius 1 is 1.14 bits per heavy atom. The maximum atomic E-state index is 13.0. The van der Waals surface area contributed by atoms with Crippen LogP contribution in [0.3, 0.4) is 0 Å². The molecule has 0 aromatic heterocycles. The quantitative estimate of drug-likeness (QED) is 0.466. The van der Waals surface area contributed by atoms with E-state index in [4.69, 9.17) is 9.47 Å². The average Bonchev–Trinajstić information content (AvgIpc) is 2.68. The Balaban J connectivity index is 1.82. The van der Waals surface area contributed by atoms with Crippen molar-refractivity contribution in [3.05, 3.63) is 47.0 Å². The Morgan fingerprint density at radius 2 is 1.83 bits per heavy atom. The predicted molar refractivity (Wildman–Crippen MR) is 113 cm³/mol. The maximum absolute atomic E-state index is 13.0. The van der Waals surface area contributed by atoms with Gasteiger partial charge in [0.15, 0.2) is 0 Å². The lowest BCUT2D eigenvalue weighted by Crippen LogP contribution is -2.46. The normalized spacial score (nSPS) is 27.0. The number of methoxy groups -OCH3 is 1. The average molecular weight is 399 g/mol. The van der Waals surface area contributed by atoms with Gasteiger partial charge in [0, 0.05) is 5.56 Å². The van der Waals surface area contributed by atoms with E-state index >= 15 is 0 Å². The van der Waals surface area contributed by atoms with E-state index in [1.165, 1.54) is 37.5 Å². The molecule has 3 atom stereocenters. The first-order valence-corrected chi connectivity index (χ1v) is 10.7. The van der Waals surface area contributed by atoms with Crippen molar-refractivity contribution in [3.63, 3.8) is 0 Å². The molecular formula is C25H34O4. The van der Waals surface area contributed by atoms with Gasteiger partial charge in [-0.15, -0.1) is 0 Å². The number of esters is 2. The minimum absolute atomic E-state index is 0.0244. The van der Waals surface area contributed by atoms with E-state index in [1.54, 1.807) is 12.1 Å². The van der Waals surface area contributed by atoms with Crippen molar-refractivity contribution in [2.45, 2.75) is 72.3 Å². The number of hydrogen-bond donors (Lipinski definition) is 0. The molecule has 0 radical (unpaired) electrons. The third-order valence-electron chi connectivity index (χ3n) is 7.33. The summed E-state index contributed by atoms with van der Waals surface area (Å²) in [7, 11) is 1.32. The van der Waals surface area contributed by atoms with Crippen molar-refractivity contribution in [1.82, 2.24) is 0 Å². The van der Waals surface area contributed by atoms with Crippen molar-refractivity contribution in [3.8, 4) is 0 Å². The number of rotatable bonds is 5. The molecule has 0 unspecified atom stereocenters. The second kappa shape index (κ2) is 8.33. The van der Waals surface area contributed by atoms with Crippen LogP contribution in [0, 0.1) is 16.7 Å². The molecule has 29 heavy (non-hydrogen) atoms. The largest absolute Gasteiger partial charge is 0.466 e. The summed E-state index contributed by atoms with van der Waals surface area (Å²) in [6.45, 7) is 9.22. The van der Waals surface area contributed by atoms with Crippen molar-refractivity contribution in [1.29, 1.82) is 0 Å². The van der Waals surface area contributed by atoms with Gasteiger partial charge in [0.1, 0.15) is 0 Å². The summed E-state index contributed by atoms with van der Waals surface area (Å²) in [5, 5.41) is 0. The number of benzene rings is 1. The van der Waals surface area contributed by atoms with Gasteiger partial charge in [0.25, 0.3) is 0 Å². The van der Waals surface area contributed by atoms with Crippen LogP contribution in [-0.4, -0.2) is 19.0 Å². The lowest BCUT2D eigenvalue weighted by atomic mass is 9.50. The predicted octanol–water partition coefficient (Wildman–Crippen LogP) is 5.78. The number of allylic oxidation sites excluding steroid dienone is 1. The standard InChI is InChI=1S/C25H34O4/c1-17-12-13-20-24(2,3)14-9-15-25(20,4)19(17)16-21(26)29-22(23(27)28-5)18-10-7-6-8-11-18/h6-8,10-11,20,22H,9,12-16H2,1-5H3/t20-,22-,25+/m0/s1. The van der Waals surface area contributed by atoms with E-state index in [1.807, 2.05) is 18.2 Å². The molecule has 1 aromatic carbocycles. The molecule has 0 saturated heterocycles. The van der Waals surface area contributed by atoms with Crippen molar-refractivity contribution >= 4 is 11.9 Å². The number of carbonyl (C=O) groups excluding carboxylic acids is 2. The van der Waals surface area contributed by atoms with Crippen LogP contribution in [0.25, 0.3) is 0 Å². The van der Waals surface area contributed by atoms with Crippen LogP contribution in [0.4, 0.5) is 0 Å². The Hall–Kier alpha value is -2.10. The van der Waals surface area contributed by atoms with Crippen LogP contribution < -0.4 is 0 Å². The first-order valence-electron chi connectivity index (χ1n) is 10.7. The van der Waals surface area contributed by atoms with E-state index in [9.17, 15) is 9.59 Å². The van der Waals surface area contributed by atoms with Gasteiger partial charge in [-0.1, -0.05) is 68.7 Å². The smallest absolute Gasteiger partial charge is 0.351 e. The summed E-state index contributed by atoms with van der Waals surface area (Å²) in [4.78, 5) is 25.2. The Labute approximate surface area is 174 Å². The number of fused-ring (bicyclic) bond motifs is 1. The fourth-order valence-electron chi connectivity index (χ4n) is 5.85. The van der Waals surface area contributed by atoms with Crippen LogP contribution in [0.1, 0.15) is 77.9 Å². The SMILES string of the molecule is COC(=O)[C@@H](OC(=O)CC1=C(C)CC[C@H]2C(C)(C)CCC[C@]12C)c1ccccc1. The zero-order valence-corrected chi connectivity index (χ0v) is 18.4. The van der Waals surface area contributed by atoms with E-state index in [-0.39, 0.29) is 23.2 Å². The molecular weight excluding hydrogens is 364 g/mol. The van der Waals surface area contributed by atoms with E-state index in [0.717, 1.165) is 12.8 Å². The second-order valence-corrected chi connectivity index (χ2v) is 9.59. The molecule has 0 heterocycles. The van der Waals surface area contributed by atoms with Gasteiger partial charge in [0.05, 0.1) is 13.5 Å². The summed E-state index contributed by atoms with van der Waals surface area (Å²) in [5.41, 5.74) is 3.47. The summed E-state index contributed by atoms with van der Waals surface area (Å²) >= 11 is 0. The lowest BCUT2D eigenvalue weighted by Gasteiger charge is -2.55. The monoisotopic (exact) mass is 398 g/mol. The van der Waals surface area contributed by atoms with Gasteiger partial charge in [-0.2, -0.15) is 0 Å². The van der Waals surface area contributed by atoms with E-state index in [0.29, 0.717) is 11.5 Å². The molecule has 4 nitrogen and oxygen atoms in total. The summed E-state index contributed by atoms with van der Waals surface area (Å²) in [5.74, 6) is -0.341. The molecule has 2 aliphatic rings. The van der Waals surface area contributed by atoms with Gasteiger partial charge in [0.2, 0.25) is 6.10 Å². The van der Waals surface area contributed by atoms with Crippen LogP contribution in [-0.2, 0) is 19.1 Å². The minimum atomic E-state index is -1.02. The first kappa shape index (κ1) is 21.6. The van der Waals surface area contributed by atoms with Crippen LogP contribution in [0.15, 0.2) is 41.5 Å². The maximum Gasteiger partial charge on any atom is 0.351 e. The Kier molecular flexibility index (Phi) is 6.21. The first-order chi connectivity index (χ1) is 13.7. The fraction of sp³-hybridized carbons (Fsp3) is 0.600. The molecule has 0 aliphatic heterocycles.